The van der Waals surface area contributed by atoms with Gasteiger partial charge >= 0.3 is 0 Å². The molecule has 0 spiro atoms. The predicted molar refractivity (Wildman–Crippen MR) is 80.7 cm³/mol. The standard InChI is InChI=1S/C17H25NO2/c1-12(2)16-7-5-4-6-14(16)11-17(20)18-9-8-15(19)10-13(18)3/h4-7,12-13,15,19H,8-11H2,1-3H3/t13-,15-/m1/s1. The van der Waals surface area contributed by atoms with Crippen LogP contribution in [0.25, 0.3) is 0 Å². The lowest BCUT2D eigenvalue weighted by Gasteiger charge is -2.36. The number of piperidine rings is 1. The molecule has 0 radical (unpaired) electrons. The number of carbonyl (C=O) groups excluding carboxylic acids is 1. The van der Waals surface area contributed by atoms with Crippen molar-refractivity contribution in [2.75, 3.05) is 6.54 Å². The summed E-state index contributed by atoms with van der Waals surface area (Å²) in [5.74, 6) is 0.608. The van der Waals surface area contributed by atoms with Gasteiger partial charge in [0.05, 0.1) is 12.5 Å². The molecule has 2 atom stereocenters. The molecule has 0 aromatic heterocycles. The van der Waals surface area contributed by atoms with E-state index in [4.69, 9.17) is 0 Å². The minimum Gasteiger partial charge on any atom is -0.393 e. The summed E-state index contributed by atoms with van der Waals surface area (Å²) in [4.78, 5) is 14.4. The number of rotatable bonds is 3. The smallest absolute Gasteiger partial charge is 0.227 e. The fourth-order valence-electron chi connectivity index (χ4n) is 3.04. The van der Waals surface area contributed by atoms with E-state index in [1.165, 1.54) is 5.56 Å². The number of hydrogen-bond acceptors (Lipinski definition) is 2. The minimum atomic E-state index is -0.253. The molecule has 2 rings (SSSR count). The zero-order valence-electron chi connectivity index (χ0n) is 12.7. The molecule has 0 bridgehead atoms. The molecule has 0 unspecified atom stereocenters. The van der Waals surface area contributed by atoms with Crippen molar-refractivity contribution < 1.29 is 9.90 Å². The number of likely N-dealkylation sites (tertiary alicyclic amines) is 1. The highest BCUT2D eigenvalue weighted by molar-refractivity contribution is 5.79. The summed E-state index contributed by atoms with van der Waals surface area (Å²) < 4.78 is 0. The SMILES string of the molecule is CC(C)c1ccccc1CC(=O)N1CC[C@@H](O)C[C@H]1C. The first-order valence-electron chi connectivity index (χ1n) is 7.54. The average molecular weight is 275 g/mol. The molecule has 1 aliphatic rings. The third-order valence-corrected chi connectivity index (χ3v) is 4.19. The highest BCUT2D eigenvalue weighted by Gasteiger charge is 2.27. The number of benzene rings is 1. The molecule has 1 heterocycles. The Kier molecular flexibility index (Phi) is 4.81. The van der Waals surface area contributed by atoms with Crippen LogP contribution in [-0.4, -0.2) is 34.6 Å². The maximum Gasteiger partial charge on any atom is 0.227 e. The zero-order chi connectivity index (χ0) is 14.7. The van der Waals surface area contributed by atoms with Crippen LogP contribution in [0.3, 0.4) is 0 Å². The van der Waals surface area contributed by atoms with Gasteiger partial charge in [-0.05, 0) is 36.8 Å². The molecular formula is C17H25NO2. The van der Waals surface area contributed by atoms with Crippen molar-refractivity contribution in [3.05, 3.63) is 35.4 Å². The monoisotopic (exact) mass is 275 g/mol. The molecule has 1 saturated heterocycles. The third kappa shape index (κ3) is 3.40. The maximum absolute atomic E-state index is 12.5. The Labute approximate surface area is 121 Å². The lowest BCUT2D eigenvalue weighted by Crippen LogP contribution is -2.46. The van der Waals surface area contributed by atoms with Crippen LogP contribution in [0.1, 0.15) is 50.7 Å². The van der Waals surface area contributed by atoms with Crippen molar-refractivity contribution in [3.63, 3.8) is 0 Å². The molecule has 1 aromatic carbocycles. The maximum atomic E-state index is 12.5. The number of amides is 1. The van der Waals surface area contributed by atoms with E-state index < -0.39 is 0 Å². The Balaban J connectivity index is 2.08. The van der Waals surface area contributed by atoms with Crippen molar-refractivity contribution in [2.45, 2.75) is 58.1 Å². The highest BCUT2D eigenvalue weighted by atomic mass is 16.3. The highest BCUT2D eigenvalue weighted by Crippen LogP contribution is 2.22. The third-order valence-electron chi connectivity index (χ3n) is 4.19. The van der Waals surface area contributed by atoms with E-state index in [0.29, 0.717) is 31.7 Å². The first-order chi connectivity index (χ1) is 9.49. The van der Waals surface area contributed by atoms with Gasteiger partial charge in [-0.2, -0.15) is 0 Å². The molecule has 3 heteroatoms. The van der Waals surface area contributed by atoms with E-state index in [1.54, 1.807) is 0 Å². The second-order valence-electron chi connectivity index (χ2n) is 6.14. The van der Waals surface area contributed by atoms with Gasteiger partial charge in [-0.3, -0.25) is 4.79 Å². The predicted octanol–water partition coefficient (Wildman–Crippen LogP) is 2.72. The number of nitrogens with zero attached hydrogens (tertiary/aromatic N) is 1. The molecule has 20 heavy (non-hydrogen) atoms. The average Bonchev–Trinajstić information content (AvgIpc) is 2.38. The van der Waals surface area contributed by atoms with Crippen LogP contribution in [-0.2, 0) is 11.2 Å². The van der Waals surface area contributed by atoms with Crippen LogP contribution in [0.4, 0.5) is 0 Å². The van der Waals surface area contributed by atoms with Gasteiger partial charge in [-0.15, -0.1) is 0 Å². The van der Waals surface area contributed by atoms with E-state index in [9.17, 15) is 9.90 Å². The van der Waals surface area contributed by atoms with E-state index in [0.717, 1.165) is 5.56 Å². The van der Waals surface area contributed by atoms with Crippen molar-refractivity contribution in [1.82, 2.24) is 4.90 Å². The number of aliphatic hydroxyl groups excluding tert-OH is 1. The van der Waals surface area contributed by atoms with Gasteiger partial charge in [0.15, 0.2) is 0 Å². The molecule has 3 nitrogen and oxygen atoms in total. The molecule has 1 amide bonds. The molecule has 0 aliphatic carbocycles. The van der Waals surface area contributed by atoms with Crippen LogP contribution in [0, 0.1) is 0 Å². The normalized spacial score (nSPS) is 23.1. The quantitative estimate of drug-likeness (QED) is 0.921. The summed E-state index contributed by atoms with van der Waals surface area (Å²) >= 11 is 0. The number of aliphatic hydroxyl groups is 1. The van der Waals surface area contributed by atoms with E-state index >= 15 is 0 Å². The van der Waals surface area contributed by atoms with Gasteiger partial charge in [0, 0.05) is 12.6 Å². The number of hydrogen-bond donors (Lipinski definition) is 1. The summed E-state index contributed by atoms with van der Waals surface area (Å²) in [6.07, 6.45) is 1.60. The Hall–Kier alpha value is -1.35. The molecule has 1 N–H and O–H groups in total. The lowest BCUT2D eigenvalue weighted by molar-refractivity contribution is -0.135. The summed E-state index contributed by atoms with van der Waals surface area (Å²) in [5.41, 5.74) is 2.39. The summed E-state index contributed by atoms with van der Waals surface area (Å²) in [7, 11) is 0. The van der Waals surface area contributed by atoms with Crippen molar-refractivity contribution in [3.8, 4) is 0 Å². The first-order valence-corrected chi connectivity index (χ1v) is 7.54. The van der Waals surface area contributed by atoms with Gasteiger partial charge in [0.2, 0.25) is 5.91 Å². The number of carbonyl (C=O) groups is 1. The second-order valence-corrected chi connectivity index (χ2v) is 6.14. The van der Waals surface area contributed by atoms with Crippen LogP contribution < -0.4 is 0 Å². The van der Waals surface area contributed by atoms with E-state index in [2.05, 4.69) is 26.0 Å². The Bertz CT molecular complexity index is 470. The molecule has 110 valence electrons. The molecule has 1 aromatic rings. The summed E-state index contributed by atoms with van der Waals surface area (Å²) in [6, 6.07) is 8.33. The van der Waals surface area contributed by atoms with E-state index in [1.807, 2.05) is 24.0 Å². The Morgan fingerprint density at radius 1 is 1.40 bits per heavy atom. The molecule has 0 saturated carbocycles. The van der Waals surface area contributed by atoms with Crippen molar-refractivity contribution in [2.24, 2.45) is 0 Å². The van der Waals surface area contributed by atoms with Gasteiger partial charge in [-0.1, -0.05) is 38.1 Å². The van der Waals surface area contributed by atoms with Gasteiger partial charge < -0.3 is 10.0 Å². The molecule has 1 aliphatic heterocycles. The summed E-state index contributed by atoms with van der Waals surface area (Å²) in [6.45, 7) is 7.01. The van der Waals surface area contributed by atoms with Crippen LogP contribution in [0.15, 0.2) is 24.3 Å². The Morgan fingerprint density at radius 2 is 2.10 bits per heavy atom. The van der Waals surface area contributed by atoms with Crippen LogP contribution in [0.2, 0.25) is 0 Å². The minimum absolute atomic E-state index is 0.137. The molecule has 1 fully saturated rings. The Morgan fingerprint density at radius 3 is 2.75 bits per heavy atom. The first kappa shape index (κ1) is 15.0. The molecular weight excluding hydrogens is 250 g/mol. The second kappa shape index (κ2) is 6.40. The van der Waals surface area contributed by atoms with Gasteiger partial charge in [0.1, 0.15) is 0 Å². The fraction of sp³-hybridized carbons (Fsp3) is 0.588. The zero-order valence-corrected chi connectivity index (χ0v) is 12.7. The lowest BCUT2D eigenvalue weighted by atomic mass is 9.94. The van der Waals surface area contributed by atoms with Gasteiger partial charge in [-0.25, -0.2) is 0 Å². The van der Waals surface area contributed by atoms with Crippen molar-refractivity contribution in [1.29, 1.82) is 0 Å². The van der Waals surface area contributed by atoms with E-state index in [-0.39, 0.29) is 18.1 Å². The summed E-state index contributed by atoms with van der Waals surface area (Å²) in [5, 5.41) is 9.65. The van der Waals surface area contributed by atoms with Crippen molar-refractivity contribution >= 4 is 5.91 Å². The topological polar surface area (TPSA) is 40.5 Å². The van der Waals surface area contributed by atoms with Gasteiger partial charge in [0.25, 0.3) is 0 Å². The van der Waals surface area contributed by atoms with Crippen LogP contribution in [0.5, 0.6) is 0 Å². The fourth-order valence-corrected chi connectivity index (χ4v) is 3.04. The largest absolute Gasteiger partial charge is 0.393 e. The van der Waals surface area contributed by atoms with Crippen LogP contribution >= 0.6 is 0 Å².